The molecule has 0 unspecified atom stereocenters. The molecule has 1 aromatic carbocycles. The maximum atomic E-state index is 12.0. The molecule has 1 amide bonds. The van der Waals surface area contributed by atoms with E-state index in [2.05, 4.69) is 15.4 Å². The first-order valence-corrected chi connectivity index (χ1v) is 8.01. The number of aromatic nitrogens is 3. The van der Waals surface area contributed by atoms with Crippen molar-refractivity contribution in [3.8, 4) is 17.0 Å². The molecule has 6 nitrogen and oxygen atoms in total. The van der Waals surface area contributed by atoms with Gasteiger partial charge in [-0.25, -0.2) is 0 Å². The van der Waals surface area contributed by atoms with Crippen LogP contribution in [0.5, 0.6) is 5.75 Å². The topological polar surface area (TPSA) is 69.0 Å². The molecule has 2 aromatic heterocycles. The number of carbonyl (C=O) groups excluding carboxylic acids is 1. The molecule has 0 fully saturated rings. The summed E-state index contributed by atoms with van der Waals surface area (Å²) in [6.45, 7) is 2.32. The first-order valence-electron chi connectivity index (χ1n) is 8.01. The fourth-order valence-electron chi connectivity index (χ4n) is 2.50. The minimum absolute atomic E-state index is 0.0203. The van der Waals surface area contributed by atoms with Crippen molar-refractivity contribution in [2.45, 2.75) is 13.5 Å². The number of hydrogen-bond acceptors (Lipinski definition) is 4. The quantitative estimate of drug-likeness (QED) is 0.751. The van der Waals surface area contributed by atoms with Gasteiger partial charge in [-0.1, -0.05) is 12.1 Å². The number of aryl methyl sites for hydroxylation is 2. The molecule has 0 spiro atoms. The van der Waals surface area contributed by atoms with Crippen molar-refractivity contribution in [1.29, 1.82) is 0 Å². The predicted molar refractivity (Wildman–Crippen MR) is 95.0 cm³/mol. The van der Waals surface area contributed by atoms with Crippen molar-refractivity contribution in [2.75, 3.05) is 6.61 Å². The van der Waals surface area contributed by atoms with E-state index in [4.69, 9.17) is 4.74 Å². The SMILES string of the molecule is Cc1cccc(OCC(=O)NCc2cc(-c3ccncc3)n(C)n2)c1. The molecule has 0 atom stereocenters. The van der Waals surface area contributed by atoms with Gasteiger partial charge in [0.15, 0.2) is 6.61 Å². The summed E-state index contributed by atoms with van der Waals surface area (Å²) in [5, 5.41) is 7.25. The van der Waals surface area contributed by atoms with Gasteiger partial charge in [0.05, 0.1) is 17.9 Å². The van der Waals surface area contributed by atoms with Crippen molar-refractivity contribution in [1.82, 2.24) is 20.1 Å². The highest BCUT2D eigenvalue weighted by molar-refractivity contribution is 5.77. The number of benzene rings is 1. The monoisotopic (exact) mass is 336 g/mol. The third-order valence-corrected chi connectivity index (χ3v) is 3.73. The molecule has 3 aromatic rings. The summed E-state index contributed by atoms with van der Waals surface area (Å²) in [4.78, 5) is 16.0. The second-order valence-corrected chi connectivity index (χ2v) is 5.76. The van der Waals surface area contributed by atoms with Gasteiger partial charge in [-0.05, 0) is 42.8 Å². The van der Waals surface area contributed by atoms with Gasteiger partial charge >= 0.3 is 0 Å². The van der Waals surface area contributed by atoms with Crippen LogP contribution in [0.15, 0.2) is 54.9 Å². The van der Waals surface area contributed by atoms with Crippen LogP contribution < -0.4 is 10.1 Å². The Kier molecular flexibility index (Phi) is 5.09. The summed E-state index contributed by atoms with van der Waals surface area (Å²) >= 11 is 0. The first kappa shape index (κ1) is 16.7. The summed E-state index contributed by atoms with van der Waals surface area (Å²) in [5.41, 5.74) is 3.89. The van der Waals surface area contributed by atoms with Gasteiger partial charge in [-0.3, -0.25) is 14.5 Å². The molecular formula is C19H20N4O2. The number of carbonyl (C=O) groups is 1. The van der Waals surface area contributed by atoms with E-state index in [1.54, 1.807) is 17.1 Å². The van der Waals surface area contributed by atoms with E-state index < -0.39 is 0 Å². The lowest BCUT2D eigenvalue weighted by Gasteiger charge is -2.07. The second-order valence-electron chi connectivity index (χ2n) is 5.76. The Bertz CT molecular complexity index is 859. The largest absolute Gasteiger partial charge is 0.484 e. The van der Waals surface area contributed by atoms with E-state index in [1.165, 1.54) is 0 Å². The molecule has 0 aliphatic heterocycles. The van der Waals surface area contributed by atoms with Crippen LogP contribution in [0.25, 0.3) is 11.3 Å². The number of rotatable bonds is 6. The summed E-state index contributed by atoms with van der Waals surface area (Å²) in [7, 11) is 1.88. The zero-order chi connectivity index (χ0) is 17.6. The molecule has 0 aliphatic rings. The van der Waals surface area contributed by atoms with Crippen LogP contribution in [0.3, 0.4) is 0 Å². The smallest absolute Gasteiger partial charge is 0.258 e. The summed E-state index contributed by atoms with van der Waals surface area (Å²) < 4.78 is 7.28. The maximum Gasteiger partial charge on any atom is 0.258 e. The molecule has 0 saturated heterocycles. The Hall–Kier alpha value is -3.15. The van der Waals surface area contributed by atoms with Gasteiger partial charge in [0.1, 0.15) is 5.75 Å². The molecule has 3 rings (SSSR count). The van der Waals surface area contributed by atoms with Crippen molar-refractivity contribution < 1.29 is 9.53 Å². The fraction of sp³-hybridized carbons (Fsp3) is 0.211. The zero-order valence-corrected chi connectivity index (χ0v) is 14.3. The highest BCUT2D eigenvalue weighted by atomic mass is 16.5. The summed E-state index contributed by atoms with van der Waals surface area (Å²) in [6.07, 6.45) is 3.48. The molecule has 6 heteroatoms. The Balaban J connectivity index is 1.54. The number of amides is 1. The average Bonchev–Trinajstić information content (AvgIpc) is 3.00. The molecule has 25 heavy (non-hydrogen) atoms. The minimum Gasteiger partial charge on any atom is -0.484 e. The van der Waals surface area contributed by atoms with Gasteiger partial charge in [-0.15, -0.1) is 0 Å². The molecule has 0 radical (unpaired) electrons. The molecule has 0 aliphatic carbocycles. The van der Waals surface area contributed by atoms with E-state index in [-0.39, 0.29) is 12.5 Å². The Morgan fingerprint density at radius 2 is 2.00 bits per heavy atom. The van der Waals surface area contributed by atoms with Crippen molar-refractivity contribution in [3.05, 3.63) is 66.1 Å². The molecule has 0 bridgehead atoms. The van der Waals surface area contributed by atoms with Crippen LogP contribution in [-0.4, -0.2) is 27.3 Å². The van der Waals surface area contributed by atoms with Crippen LogP contribution >= 0.6 is 0 Å². The highest BCUT2D eigenvalue weighted by Gasteiger charge is 2.09. The molecular weight excluding hydrogens is 316 g/mol. The minimum atomic E-state index is -0.183. The lowest BCUT2D eigenvalue weighted by Crippen LogP contribution is -2.28. The van der Waals surface area contributed by atoms with E-state index in [0.29, 0.717) is 12.3 Å². The number of pyridine rings is 1. The fourth-order valence-corrected chi connectivity index (χ4v) is 2.50. The lowest BCUT2D eigenvalue weighted by atomic mass is 10.2. The lowest BCUT2D eigenvalue weighted by molar-refractivity contribution is -0.123. The number of hydrogen-bond donors (Lipinski definition) is 1. The van der Waals surface area contributed by atoms with Crippen LogP contribution in [0.4, 0.5) is 0 Å². The number of nitrogens with one attached hydrogen (secondary N) is 1. The summed E-state index contributed by atoms with van der Waals surface area (Å²) in [5.74, 6) is 0.505. The Labute approximate surface area is 146 Å². The van der Waals surface area contributed by atoms with Gasteiger partial charge in [-0.2, -0.15) is 5.10 Å². The van der Waals surface area contributed by atoms with E-state index >= 15 is 0 Å². The number of nitrogens with zero attached hydrogens (tertiary/aromatic N) is 3. The van der Waals surface area contributed by atoms with E-state index in [9.17, 15) is 4.79 Å². The normalized spacial score (nSPS) is 10.5. The van der Waals surface area contributed by atoms with Crippen LogP contribution in [-0.2, 0) is 18.4 Å². The second kappa shape index (κ2) is 7.61. The Morgan fingerprint density at radius 1 is 1.20 bits per heavy atom. The van der Waals surface area contributed by atoms with E-state index in [0.717, 1.165) is 22.5 Å². The summed E-state index contributed by atoms with van der Waals surface area (Å²) in [6, 6.07) is 13.4. The predicted octanol–water partition coefficient (Wildman–Crippen LogP) is 2.49. The van der Waals surface area contributed by atoms with Gasteiger partial charge in [0.2, 0.25) is 0 Å². The van der Waals surface area contributed by atoms with Crippen LogP contribution in [0.1, 0.15) is 11.3 Å². The molecule has 0 saturated carbocycles. The highest BCUT2D eigenvalue weighted by Crippen LogP contribution is 2.18. The van der Waals surface area contributed by atoms with Crippen molar-refractivity contribution >= 4 is 5.91 Å². The van der Waals surface area contributed by atoms with Gasteiger partial charge in [0, 0.05) is 25.0 Å². The van der Waals surface area contributed by atoms with Crippen LogP contribution in [0, 0.1) is 6.92 Å². The maximum absolute atomic E-state index is 12.0. The third-order valence-electron chi connectivity index (χ3n) is 3.73. The number of ether oxygens (including phenoxy) is 1. The molecule has 2 heterocycles. The van der Waals surface area contributed by atoms with Crippen molar-refractivity contribution in [2.24, 2.45) is 7.05 Å². The first-order chi connectivity index (χ1) is 12.1. The van der Waals surface area contributed by atoms with Crippen molar-refractivity contribution in [3.63, 3.8) is 0 Å². The van der Waals surface area contributed by atoms with Crippen LogP contribution in [0.2, 0.25) is 0 Å². The molecule has 128 valence electrons. The average molecular weight is 336 g/mol. The third kappa shape index (κ3) is 4.44. The van der Waals surface area contributed by atoms with Gasteiger partial charge in [0.25, 0.3) is 5.91 Å². The zero-order valence-electron chi connectivity index (χ0n) is 14.3. The Morgan fingerprint density at radius 3 is 2.76 bits per heavy atom. The van der Waals surface area contributed by atoms with Gasteiger partial charge < -0.3 is 10.1 Å². The van der Waals surface area contributed by atoms with E-state index in [1.807, 2.05) is 56.4 Å². The standard InChI is InChI=1S/C19H20N4O2/c1-14-4-3-5-17(10-14)25-13-19(24)21-12-16-11-18(23(2)22-16)15-6-8-20-9-7-15/h3-11H,12-13H2,1-2H3,(H,21,24). The molecule has 1 N–H and O–H groups in total.